The van der Waals surface area contributed by atoms with Crippen molar-refractivity contribution in [2.45, 2.75) is 38.6 Å². The molecule has 2 aliphatic heterocycles. The summed E-state index contributed by atoms with van der Waals surface area (Å²) in [5.74, 6) is 1.45. The van der Waals surface area contributed by atoms with Crippen LogP contribution in [0, 0.1) is 5.92 Å². The van der Waals surface area contributed by atoms with Crippen molar-refractivity contribution in [1.82, 2.24) is 14.5 Å². The second-order valence-electron chi connectivity index (χ2n) is 8.30. The summed E-state index contributed by atoms with van der Waals surface area (Å²) in [6.07, 6.45) is 1.04. The zero-order valence-electron chi connectivity index (χ0n) is 16.1. The molecule has 0 N–H and O–H groups in total. The predicted molar refractivity (Wildman–Crippen MR) is 106 cm³/mol. The number of hydrogen-bond acceptors (Lipinski definition) is 4. The van der Waals surface area contributed by atoms with E-state index in [0.717, 1.165) is 17.6 Å². The second-order valence-corrected chi connectivity index (χ2v) is 8.30. The highest BCUT2D eigenvalue weighted by Gasteiger charge is 2.36. The van der Waals surface area contributed by atoms with Crippen LogP contribution in [0.25, 0.3) is 11.1 Å². The zero-order valence-corrected chi connectivity index (χ0v) is 16.1. The maximum atomic E-state index is 13.2. The van der Waals surface area contributed by atoms with E-state index in [1.54, 1.807) is 6.07 Å². The molecule has 6 heteroatoms. The minimum absolute atomic E-state index is 0.0254. The van der Waals surface area contributed by atoms with Gasteiger partial charge in [0.15, 0.2) is 11.5 Å². The van der Waals surface area contributed by atoms with Gasteiger partial charge in [0.05, 0.1) is 0 Å². The minimum Gasteiger partial charge on any atom is -0.440 e. The standard InChI is InChI=1S/C22H23N3O3/c1-13(2)21-23-17-9-15(6-7-19(17)28-21)22(27)24-10-14-8-16(12-24)18-4-3-5-20(26)25(18)11-14/h3-7,9,13-14,16H,8,10-12H2,1-2H3/t14-,16+/m0/s1. The Balaban J connectivity index is 1.43. The van der Waals surface area contributed by atoms with Gasteiger partial charge < -0.3 is 13.9 Å². The number of fused-ring (bicyclic) bond motifs is 5. The maximum Gasteiger partial charge on any atom is 0.253 e. The lowest BCUT2D eigenvalue weighted by atomic mass is 9.83. The number of hydrogen-bond donors (Lipinski definition) is 0. The summed E-state index contributed by atoms with van der Waals surface area (Å²) in [5.41, 5.74) is 3.19. The molecule has 2 aliphatic rings. The number of aromatic nitrogens is 2. The van der Waals surface area contributed by atoms with Crippen LogP contribution in [-0.2, 0) is 6.54 Å². The molecule has 1 saturated heterocycles. The molecule has 2 aromatic heterocycles. The highest BCUT2D eigenvalue weighted by molar-refractivity contribution is 5.97. The number of oxazole rings is 1. The van der Waals surface area contributed by atoms with Crippen LogP contribution in [0.2, 0.25) is 0 Å². The smallest absolute Gasteiger partial charge is 0.253 e. The Hall–Kier alpha value is -2.89. The van der Waals surface area contributed by atoms with Gasteiger partial charge in [-0.25, -0.2) is 4.98 Å². The van der Waals surface area contributed by atoms with Crippen molar-refractivity contribution < 1.29 is 9.21 Å². The van der Waals surface area contributed by atoms with Gasteiger partial charge in [-0.3, -0.25) is 9.59 Å². The van der Waals surface area contributed by atoms with Crippen LogP contribution in [0.15, 0.2) is 45.6 Å². The number of pyridine rings is 1. The Morgan fingerprint density at radius 3 is 2.86 bits per heavy atom. The first kappa shape index (κ1) is 17.2. The number of carbonyl (C=O) groups excluding carboxylic acids is 1. The van der Waals surface area contributed by atoms with Gasteiger partial charge in [0.1, 0.15) is 5.52 Å². The van der Waals surface area contributed by atoms with Crippen LogP contribution in [0.1, 0.15) is 54.0 Å². The van der Waals surface area contributed by atoms with Gasteiger partial charge in [-0.1, -0.05) is 19.9 Å². The predicted octanol–water partition coefficient (Wildman–Crippen LogP) is 3.37. The summed E-state index contributed by atoms with van der Waals surface area (Å²) in [4.78, 5) is 31.8. The van der Waals surface area contributed by atoms with E-state index in [2.05, 4.69) is 4.98 Å². The van der Waals surface area contributed by atoms with Crippen molar-refractivity contribution in [2.75, 3.05) is 13.1 Å². The third-order valence-corrected chi connectivity index (χ3v) is 5.91. The maximum absolute atomic E-state index is 13.2. The molecule has 1 amide bonds. The van der Waals surface area contributed by atoms with Crippen molar-refractivity contribution in [1.29, 1.82) is 0 Å². The van der Waals surface area contributed by atoms with Gasteiger partial charge >= 0.3 is 0 Å². The Morgan fingerprint density at radius 2 is 2.04 bits per heavy atom. The van der Waals surface area contributed by atoms with E-state index in [4.69, 9.17) is 4.42 Å². The molecule has 3 aromatic rings. The quantitative estimate of drug-likeness (QED) is 0.687. The highest BCUT2D eigenvalue weighted by Crippen LogP contribution is 2.35. The average Bonchev–Trinajstić information content (AvgIpc) is 3.12. The summed E-state index contributed by atoms with van der Waals surface area (Å²) >= 11 is 0. The van der Waals surface area contributed by atoms with E-state index in [1.807, 2.05) is 53.6 Å². The van der Waals surface area contributed by atoms with Crippen molar-refractivity contribution in [3.63, 3.8) is 0 Å². The lowest BCUT2D eigenvalue weighted by molar-refractivity contribution is 0.0594. The fourth-order valence-electron chi connectivity index (χ4n) is 4.57. The molecule has 0 spiro atoms. The van der Waals surface area contributed by atoms with Crippen LogP contribution < -0.4 is 5.56 Å². The molecule has 0 saturated carbocycles. The molecule has 28 heavy (non-hydrogen) atoms. The number of rotatable bonds is 2. The van der Waals surface area contributed by atoms with Crippen LogP contribution >= 0.6 is 0 Å². The molecule has 4 heterocycles. The zero-order chi connectivity index (χ0) is 19.4. The van der Waals surface area contributed by atoms with Gasteiger partial charge in [0.2, 0.25) is 0 Å². The van der Waals surface area contributed by atoms with Crippen molar-refractivity contribution in [3.05, 3.63) is 63.9 Å². The lowest BCUT2D eigenvalue weighted by Crippen LogP contribution is -2.49. The summed E-state index contributed by atoms with van der Waals surface area (Å²) in [5, 5.41) is 0. The molecule has 2 bridgehead atoms. The van der Waals surface area contributed by atoms with Gasteiger partial charge in [0, 0.05) is 48.8 Å². The van der Waals surface area contributed by atoms with Gasteiger partial charge in [-0.05, 0) is 36.6 Å². The number of amides is 1. The van der Waals surface area contributed by atoms with Gasteiger partial charge in [-0.15, -0.1) is 0 Å². The molecule has 144 valence electrons. The third-order valence-electron chi connectivity index (χ3n) is 5.91. The Bertz CT molecular complexity index is 1130. The van der Waals surface area contributed by atoms with E-state index < -0.39 is 0 Å². The first-order chi connectivity index (χ1) is 13.5. The molecular formula is C22H23N3O3. The first-order valence-electron chi connectivity index (χ1n) is 9.89. The van der Waals surface area contributed by atoms with Crippen LogP contribution in [0.5, 0.6) is 0 Å². The fraction of sp³-hybridized carbons (Fsp3) is 0.409. The third kappa shape index (κ3) is 2.75. The normalized spacial score (nSPS) is 21.2. The van der Waals surface area contributed by atoms with Crippen LogP contribution in [0.4, 0.5) is 0 Å². The molecule has 1 aromatic carbocycles. The lowest BCUT2D eigenvalue weighted by Gasteiger charge is -2.42. The summed E-state index contributed by atoms with van der Waals surface area (Å²) < 4.78 is 7.64. The first-order valence-corrected chi connectivity index (χ1v) is 9.89. The minimum atomic E-state index is 0.0254. The fourth-order valence-corrected chi connectivity index (χ4v) is 4.57. The number of carbonyl (C=O) groups is 1. The summed E-state index contributed by atoms with van der Waals surface area (Å²) in [6.45, 7) is 6.09. The Morgan fingerprint density at radius 1 is 1.18 bits per heavy atom. The van der Waals surface area contributed by atoms with Crippen molar-refractivity contribution in [2.24, 2.45) is 5.92 Å². The monoisotopic (exact) mass is 377 g/mol. The Labute approximate surface area is 162 Å². The molecule has 5 rings (SSSR count). The average molecular weight is 377 g/mol. The second kappa shape index (κ2) is 6.33. The topological polar surface area (TPSA) is 68.3 Å². The molecule has 0 aliphatic carbocycles. The van der Waals surface area contributed by atoms with Gasteiger partial charge in [0.25, 0.3) is 11.5 Å². The SMILES string of the molecule is CC(C)c1nc2cc(C(=O)N3C[C@@H]4C[C@H](C3)c3cccc(=O)n3C4)ccc2o1. The molecule has 2 atom stereocenters. The summed E-state index contributed by atoms with van der Waals surface area (Å²) in [6, 6.07) is 10.9. The number of benzene rings is 1. The van der Waals surface area contributed by atoms with Crippen molar-refractivity contribution >= 4 is 17.0 Å². The van der Waals surface area contributed by atoms with Gasteiger partial charge in [-0.2, -0.15) is 0 Å². The molecule has 0 unspecified atom stereocenters. The summed E-state index contributed by atoms with van der Waals surface area (Å²) in [7, 11) is 0. The molecule has 6 nitrogen and oxygen atoms in total. The van der Waals surface area contributed by atoms with E-state index in [-0.39, 0.29) is 23.3 Å². The number of piperidine rings is 1. The van der Waals surface area contributed by atoms with E-state index in [1.165, 1.54) is 0 Å². The van der Waals surface area contributed by atoms with Crippen LogP contribution in [0.3, 0.4) is 0 Å². The largest absolute Gasteiger partial charge is 0.440 e. The van der Waals surface area contributed by atoms with E-state index in [0.29, 0.717) is 42.6 Å². The molecule has 0 radical (unpaired) electrons. The van der Waals surface area contributed by atoms with Crippen molar-refractivity contribution in [3.8, 4) is 0 Å². The molecular weight excluding hydrogens is 354 g/mol. The van der Waals surface area contributed by atoms with E-state index in [9.17, 15) is 9.59 Å². The highest BCUT2D eigenvalue weighted by atomic mass is 16.3. The van der Waals surface area contributed by atoms with Crippen LogP contribution in [-0.4, -0.2) is 33.4 Å². The number of likely N-dealkylation sites (tertiary alicyclic amines) is 1. The van der Waals surface area contributed by atoms with E-state index >= 15 is 0 Å². The Kier molecular flexibility index (Phi) is 3.89. The number of nitrogens with zero attached hydrogens (tertiary/aromatic N) is 3. The molecule has 1 fully saturated rings.